The van der Waals surface area contributed by atoms with Crippen LogP contribution in [0.2, 0.25) is 5.02 Å². The minimum Gasteiger partial charge on any atom is -0.303 e. The molecule has 0 saturated heterocycles. The standard InChI is InChI=1S/C12H12Cl2N2/c1-8-9(2)16(7-15-8)12-4-3-11(14)5-10(12)6-13/h3-5,7H,6H2,1-2H3. The fourth-order valence-electron chi connectivity index (χ4n) is 1.64. The van der Waals surface area contributed by atoms with Crippen LogP contribution in [0.4, 0.5) is 0 Å². The van der Waals surface area contributed by atoms with Gasteiger partial charge in [-0.1, -0.05) is 11.6 Å². The molecule has 0 bridgehead atoms. The summed E-state index contributed by atoms with van der Waals surface area (Å²) in [6.45, 7) is 4.02. The van der Waals surface area contributed by atoms with E-state index >= 15 is 0 Å². The third-order valence-electron chi connectivity index (χ3n) is 2.70. The van der Waals surface area contributed by atoms with Crippen molar-refractivity contribution in [2.24, 2.45) is 0 Å². The van der Waals surface area contributed by atoms with Crippen molar-refractivity contribution in [3.8, 4) is 5.69 Å². The van der Waals surface area contributed by atoms with Crippen molar-refractivity contribution in [2.45, 2.75) is 19.7 Å². The smallest absolute Gasteiger partial charge is 0.0997 e. The van der Waals surface area contributed by atoms with Crippen LogP contribution in [-0.4, -0.2) is 9.55 Å². The lowest BCUT2D eigenvalue weighted by Crippen LogP contribution is -1.99. The van der Waals surface area contributed by atoms with Crippen molar-refractivity contribution in [2.75, 3.05) is 0 Å². The van der Waals surface area contributed by atoms with Gasteiger partial charge in [-0.2, -0.15) is 0 Å². The van der Waals surface area contributed by atoms with Gasteiger partial charge in [-0.25, -0.2) is 4.98 Å². The minimum absolute atomic E-state index is 0.437. The normalized spacial score (nSPS) is 10.8. The van der Waals surface area contributed by atoms with Gasteiger partial charge in [0, 0.05) is 16.6 Å². The number of rotatable bonds is 2. The van der Waals surface area contributed by atoms with Crippen LogP contribution in [0, 0.1) is 13.8 Å². The molecule has 2 rings (SSSR count). The van der Waals surface area contributed by atoms with Crippen LogP contribution in [-0.2, 0) is 5.88 Å². The van der Waals surface area contributed by atoms with Gasteiger partial charge in [0.05, 0.1) is 17.7 Å². The van der Waals surface area contributed by atoms with E-state index in [0.29, 0.717) is 10.9 Å². The fraction of sp³-hybridized carbons (Fsp3) is 0.250. The van der Waals surface area contributed by atoms with Crippen LogP contribution >= 0.6 is 23.2 Å². The minimum atomic E-state index is 0.437. The predicted octanol–water partition coefficient (Wildman–Crippen LogP) is 3.88. The largest absolute Gasteiger partial charge is 0.303 e. The monoisotopic (exact) mass is 254 g/mol. The lowest BCUT2D eigenvalue weighted by molar-refractivity contribution is 0.985. The van der Waals surface area contributed by atoms with Gasteiger partial charge < -0.3 is 4.57 Å². The number of aromatic nitrogens is 2. The van der Waals surface area contributed by atoms with Crippen molar-refractivity contribution in [3.05, 3.63) is 46.5 Å². The topological polar surface area (TPSA) is 17.8 Å². The quantitative estimate of drug-likeness (QED) is 0.744. The molecule has 1 heterocycles. The summed E-state index contributed by atoms with van der Waals surface area (Å²) in [5, 5.41) is 0.703. The predicted molar refractivity (Wildman–Crippen MR) is 67.6 cm³/mol. The summed E-state index contributed by atoms with van der Waals surface area (Å²) >= 11 is 11.9. The van der Waals surface area contributed by atoms with Crippen LogP contribution in [0.25, 0.3) is 5.69 Å². The second-order valence-electron chi connectivity index (χ2n) is 3.69. The first-order valence-electron chi connectivity index (χ1n) is 4.99. The van der Waals surface area contributed by atoms with E-state index in [0.717, 1.165) is 22.6 Å². The van der Waals surface area contributed by atoms with Crippen LogP contribution in [0.3, 0.4) is 0 Å². The zero-order valence-electron chi connectivity index (χ0n) is 9.17. The summed E-state index contributed by atoms with van der Waals surface area (Å²) in [5.41, 5.74) is 4.19. The van der Waals surface area contributed by atoms with Crippen LogP contribution < -0.4 is 0 Å². The summed E-state index contributed by atoms with van der Waals surface area (Å²) in [6, 6.07) is 5.72. The molecule has 0 unspecified atom stereocenters. The maximum atomic E-state index is 5.94. The first-order valence-corrected chi connectivity index (χ1v) is 5.90. The highest BCUT2D eigenvalue weighted by atomic mass is 35.5. The molecule has 4 heteroatoms. The highest BCUT2D eigenvalue weighted by molar-refractivity contribution is 6.30. The van der Waals surface area contributed by atoms with Crippen molar-refractivity contribution < 1.29 is 0 Å². The number of halogens is 2. The molecule has 1 aromatic heterocycles. The molecule has 0 spiro atoms. The molecule has 0 aliphatic carbocycles. The van der Waals surface area contributed by atoms with Crippen LogP contribution in [0.1, 0.15) is 17.0 Å². The molecular weight excluding hydrogens is 243 g/mol. The van der Waals surface area contributed by atoms with E-state index in [1.54, 1.807) is 0 Å². The Morgan fingerprint density at radius 1 is 1.31 bits per heavy atom. The second-order valence-corrected chi connectivity index (χ2v) is 4.40. The molecular formula is C12H12Cl2N2. The molecule has 0 saturated carbocycles. The number of hydrogen-bond acceptors (Lipinski definition) is 1. The number of imidazole rings is 1. The van der Waals surface area contributed by atoms with E-state index in [4.69, 9.17) is 23.2 Å². The van der Waals surface area contributed by atoms with Crippen LogP contribution in [0.5, 0.6) is 0 Å². The van der Waals surface area contributed by atoms with E-state index in [1.165, 1.54) is 0 Å². The lowest BCUT2D eigenvalue weighted by atomic mass is 10.2. The van der Waals surface area contributed by atoms with Gasteiger partial charge in [-0.15, -0.1) is 11.6 Å². The first kappa shape index (κ1) is 11.5. The third kappa shape index (κ3) is 1.95. The Morgan fingerprint density at radius 2 is 2.06 bits per heavy atom. The maximum absolute atomic E-state index is 5.94. The second kappa shape index (κ2) is 4.48. The van der Waals surface area contributed by atoms with Gasteiger partial charge >= 0.3 is 0 Å². The number of aryl methyl sites for hydroxylation is 1. The Bertz CT molecular complexity index is 518. The zero-order valence-corrected chi connectivity index (χ0v) is 10.7. The van der Waals surface area contributed by atoms with E-state index in [2.05, 4.69) is 4.98 Å². The van der Waals surface area contributed by atoms with Crippen LogP contribution in [0.15, 0.2) is 24.5 Å². The van der Waals surface area contributed by atoms with Crippen molar-refractivity contribution in [1.29, 1.82) is 0 Å². The van der Waals surface area contributed by atoms with Gasteiger partial charge in [-0.05, 0) is 37.6 Å². The zero-order chi connectivity index (χ0) is 11.7. The summed E-state index contributed by atoms with van der Waals surface area (Å²) in [7, 11) is 0. The highest BCUT2D eigenvalue weighted by Crippen LogP contribution is 2.23. The fourth-order valence-corrected chi connectivity index (χ4v) is 2.05. The van der Waals surface area contributed by atoms with Crippen molar-refractivity contribution in [1.82, 2.24) is 9.55 Å². The number of nitrogens with zero attached hydrogens (tertiary/aromatic N) is 2. The van der Waals surface area contributed by atoms with E-state index in [-0.39, 0.29) is 0 Å². The average Bonchev–Trinajstić information content (AvgIpc) is 2.60. The maximum Gasteiger partial charge on any atom is 0.0997 e. The molecule has 0 N–H and O–H groups in total. The highest BCUT2D eigenvalue weighted by Gasteiger charge is 2.08. The molecule has 2 nitrogen and oxygen atoms in total. The number of alkyl halides is 1. The van der Waals surface area contributed by atoms with E-state index in [9.17, 15) is 0 Å². The molecule has 84 valence electrons. The van der Waals surface area contributed by atoms with Gasteiger partial charge in [-0.3, -0.25) is 0 Å². The Kier molecular flexibility index (Phi) is 3.22. The lowest BCUT2D eigenvalue weighted by Gasteiger charge is -2.10. The average molecular weight is 255 g/mol. The third-order valence-corrected chi connectivity index (χ3v) is 3.22. The molecule has 0 atom stereocenters. The van der Waals surface area contributed by atoms with Gasteiger partial charge in [0.2, 0.25) is 0 Å². The Hall–Kier alpha value is -0.990. The molecule has 0 aliphatic heterocycles. The van der Waals surface area contributed by atoms with Gasteiger partial charge in [0.15, 0.2) is 0 Å². The molecule has 2 aromatic rings. The Labute approximate surface area is 105 Å². The van der Waals surface area contributed by atoms with Crippen molar-refractivity contribution >= 4 is 23.2 Å². The summed E-state index contributed by atoms with van der Waals surface area (Å²) < 4.78 is 2.03. The molecule has 0 amide bonds. The van der Waals surface area contributed by atoms with E-state index in [1.807, 2.05) is 42.9 Å². The SMILES string of the molecule is Cc1ncn(-c2ccc(Cl)cc2CCl)c1C. The summed E-state index contributed by atoms with van der Waals surface area (Å²) in [4.78, 5) is 4.28. The van der Waals surface area contributed by atoms with E-state index < -0.39 is 0 Å². The summed E-state index contributed by atoms with van der Waals surface area (Å²) in [5.74, 6) is 0.437. The van der Waals surface area contributed by atoms with Crippen molar-refractivity contribution in [3.63, 3.8) is 0 Å². The molecule has 0 radical (unpaired) electrons. The number of hydrogen-bond donors (Lipinski definition) is 0. The summed E-state index contributed by atoms with van der Waals surface area (Å²) in [6.07, 6.45) is 1.81. The first-order chi connectivity index (χ1) is 7.63. The Balaban J connectivity index is 2.59. The molecule has 0 aliphatic rings. The molecule has 16 heavy (non-hydrogen) atoms. The Morgan fingerprint density at radius 3 is 2.62 bits per heavy atom. The molecule has 1 aromatic carbocycles. The van der Waals surface area contributed by atoms with Gasteiger partial charge in [0.1, 0.15) is 0 Å². The number of benzene rings is 1. The molecule has 0 fully saturated rings. The van der Waals surface area contributed by atoms with Gasteiger partial charge in [0.25, 0.3) is 0 Å².